The van der Waals surface area contributed by atoms with Crippen LogP contribution in [0, 0.1) is 6.07 Å². The Hall–Kier alpha value is -1.33. The first-order valence-corrected chi connectivity index (χ1v) is 3.44. The maximum Gasteiger partial charge on any atom is 0.573 e. The normalized spacial score (nSPS) is 11.9. The minimum atomic E-state index is -4.98. The average Bonchev–Trinajstić information content (AvgIpc) is 2.01. The standard InChI is InChI=1S/C8H4F5O/c9-7(10)5-3-1-2-4-6(5)14-8(11,12)13/h1-3,7H. The number of ether oxygens (including phenoxy) is 1. The van der Waals surface area contributed by atoms with E-state index in [9.17, 15) is 22.0 Å². The van der Waals surface area contributed by atoms with E-state index in [0.29, 0.717) is 0 Å². The van der Waals surface area contributed by atoms with Crippen LogP contribution in [0.4, 0.5) is 22.0 Å². The van der Waals surface area contributed by atoms with Crippen LogP contribution >= 0.6 is 0 Å². The first-order chi connectivity index (χ1) is 6.40. The first kappa shape index (κ1) is 10.7. The number of halogens is 5. The van der Waals surface area contributed by atoms with Gasteiger partial charge in [-0.25, -0.2) is 8.78 Å². The van der Waals surface area contributed by atoms with E-state index < -0.39 is 24.1 Å². The van der Waals surface area contributed by atoms with Crippen molar-refractivity contribution in [2.45, 2.75) is 12.8 Å². The summed E-state index contributed by atoms with van der Waals surface area (Å²) in [5.74, 6) is -0.991. The van der Waals surface area contributed by atoms with Crippen molar-refractivity contribution >= 4 is 0 Å². The van der Waals surface area contributed by atoms with Gasteiger partial charge in [-0.3, -0.25) is 0 Å². The number of para-hydroxylation sites is 1. The SMILES string of the molecule is FC(F)c1ccc[c]c1OC(F)(F)F. The molecule has 0 fully saturated rings. The zero-order chi connectivity index (χ0) is 10.8. The third-order valence-corrected chi connectivity index (χ3v) is 1.30. The summed E-state index contributed by atoms with van der Waals surface area (Å²) in [6.07, 6.45) is -8.01. The molecule has 0 aliphatic carbocycles. The molecule has 0 spiro atoms. The zero-order valence-electron chi connectivity index (χ0n) is 6.61. The molecule has 1 radical (unpaired) electrons. The van der Waals surface area contributed by atoms with E-state index in [2.05, 4.69) is 4.74 Å². The van der Waals surface area contributed by atoms with Crippen LogP contribution in [-0.2, 0) is 0 Å². The third kappa shape index (κ3) is 2.86. The van der Waals surface area contributed by atoms with Gasteiger partial charge in [0.2, 0.25) is 0 Å². The highest BCUT2D eigenvalue weighted by Gasteiger charge is 2.33. The van der Waals surface area contributed by atoms with Crippen LogP contribution in [0.2, 0.25) is 0 Å². The molecule has 77 valence electrons. The Morgan fingerprint density at radius 2 is 1.93 bits per heavy atom. The van der Waals surface area contributed by atoms with Crippen molar-refractivity contribution in [2.24, 2.45) is 0 Å². The highest BCUT2D eigenvalue weighted by atomic mass is 19.4. The van der Waals surface area contributed by atoms with Crippen LogP contribution in [0.25, 0.3) is 0 Å². The average molecular weight is 211 g/mol. The highest BCUT2D eigenvalue weighted by Crippen LogP contribution is 2.31. The van der Waals surface area contributed by atoms with Crippen LogP contribution in [0.1, 0.15) is 12.0 Å². The van der Waals surface area contributed by atoms with E-state index in [4.69, 9.17) is 0 Å². The fraction of sp³-hybridized carbons (Fsp3) is 0.250. The molecule has 1 aromatic carbocycles. The minimum absolute atomic E-state index is 0.829. The van der Waals surface area contributed by atoms with Gasteiger partial charge in [0.05, 0.1) is 5.56 Å². The third-order valence-electron chi connectivity index (χ3n) is 1.30. The molecule has 0 unspecified atom stereocenters. The van der Waals surface area contributed by atoms with E-state index in [1.807, 2.05) is 6.07 Å². The van der Waals surface area contributed by atoms with Gasteiger partial charge in [0, 0.05) is 6.07 Å². The molecular weight excluding hydrogens is 207 g/mol. The molecule has 0 saturated heterocycles. The van der Waals surface area contributed by atoms with Gasteiger partial charge < -0.3 is 4.74 Å². The predicted octanol–water partition coefficient (Wildman–Crippen LogP) is 3.32. The number of alkyl halides is 5. The summed E-state index contributed by atoms with van der Waals surface area (Å²) < 4.78 is 62.7. The second-order valence-electron chi connectivity index (χ2n) is 2.30. The van der Waals surface area contributed by atoms with Crippen LogP contribution in [0.3, 0.4) is 0 Å². The van der Waals surface area contributed by atoms with Gasteiger partial charge in [0.1, 0.15) is 5.75 Å². The maximum atomic E-state index is 12.1. The molecule has 0 atom stereocenters. The second-order valence-corrected chi connectivity index (χ2v) is 2.30. The number of hydrogen-bond donors (Lipinski definition) is 0. The van der Waals surface area contributed by atoms with Crippen LogP contribution in [0.15, 0.2) is 18.2 Å². The van der Waals surface area contributed by atoms with Crippen molar-refractivity contribution in [3.8, 4) is 5.75 Å². The molecule has 0 aromatic heterocycles. The van der Waals surface area contributed by atoms with Crippen LogP contribution in [-0.4, -0.2) is 6.36 Å². The summed E-state index contributed by atoms with van der Waals surface area (Å²) in [6.45, 7) is 0. The van der Waals surface area contributed by atoms with E-state index in [1.54, 1.807) is 0 Å². The number of rotatable bonds is 2. The summed E-state index contributed by atoms with van der Waals surface area (Å²) in [5.41, 5.74) is -0.829. The Kier molecular flexibility index (Phi) is 2.93. The quantitative estimate of drug-likeness (QED) is 0.681. The van der Waals surface area contributed by atoms with Crippen molar-refractivity contribution < 1.29 is 26.7 Å². The van der Waals surface area contributed by atoms with Crippen LogP contribution < -0.4 is 4.74 Å². The van der Waals surface area contributed by atoms with E-state index in [0.717, 1.165) is 18.2 Å². The Labute approximate surface area is 76.1 Å². The van der Waals surface area contributed by atoms with Crippen molar-refractivity contribution in [3.63, 3.8) is 0 Å². The molecule has 0 N–H and O–H groups in total. The van der Waals surface area contributed by atoms with E-state index >= 15 is 0 Å². The molecule has 1 nitrogen and oxygen atoms in total. The number of hydrogen-bond acceptors (Lipinski definition) is 1. The van der Waals surface area contributed by atoms with Gasteiger partial charge in [-0.1, -0.05) is 12.1 Å². The smallest absolute Gasteiger partial charge is 0.405 e. The molecule has 6 heteroatoms. The Morgan fingerprint density at radius 3 is 2.43 bits per heavy atom. The maximum absolute atomic E-state index is 12.1. The molecule has 14 heavy (non-hydrogen) atoms. The van der Waals surface area contributed by atoms with Crippen LogP contribution in [0.5, 0.6) is 5.75 Å². The zero-order valence-corrected chi connectivity index (χ0v) is 6.61. The molecule has 0 heterocycles. The van der Waals surface area contributed by atoms with Crippen molar-refractivity contribution in [2.75, 3.05) is 0 Å². The fourth-order valence-electron chi connectivity index (χ4n) is 0.811. The van der Waals surface area contributed by atoms with Crippen molar-refractivity contribution in [1.82, 2.24) is 0 Å². The van der Waals surface area contributed by atoms with Gasteiger partial charge in [-0.2, -0.15) is 0 Å². The summed E-state index contributed by atoms with van der Waals surface area (Å²) in [7, 11) is 0. The Bertz CT molecular complexity index is 307. The molecule has 0 aliphatic rings. The highest BCUT2D eigenvalue weighted by molar-refractivity contribution is 5.33. The van der Waals surface area contributed by atoms with Gasteiger partial charge >= 0.3 is 6.36 Å². The number of benzene rings is 1. The fourth-order valence-corrected chi connectivity index (χ4v) is 0.811. The van der Waals surface area contributed by atoms with Crippen molar-refractivity contribution in [3.05, 3.63) is 29.8 Å². The molecule has 1 rings (SSSR count). The molecule has 0 aliphatic heterocycles. The molecule has 0 bridgehead atoms. The van der Waals surface area contributed by atoms with Gasteiger partial charge in [-0.15, -0.1) is 13.2 Å². The second kappa shape index (κ2) is 3.81. The Balaban J connectivity index is 2.96. The lowest BCUT2D eigenvalue weighted by molar-refractivity contribution is -0.275. The first-order valence-electron chi connectivity index (χ1n) is 3.44. The molecule has 0 saturated carbocycles. The summed E-state index contributed by atoms with van der Waals surface area (Å²) >= 11 is 0. The summed E-state index contributed by atoms with van der Waals surface area (Å²) in [5, 5.41) is 0. The van der Waals surface area contributed by atoms with Crippen molar-refractivity contribution in [1.29, 1.82) is 0 Å². The monoisotopic (exact) mass is 211 g/mol. The van der Waals surface area contributed by atoms with E-state index in [-0.39, 0.29) is 0 Å². The van der Waals surface area contributed by atoms with Gasteiger partial charge in [-0.05, 0) is 6.07 Å². The molecular formula is C8H4F5O. The minimum Gasteiger partial charge on any atom is -0.405 e. The lowest BCUT2D eigenvalue weighted by atomic mass is 10.2. The predicted molar refractivity (Wildman–Crippen MR) is 36.9 cm³/mol. The van der Waals surface area contributed by atoms with Gasteiger partial charge in [0.25, 0.3) is 6.43 Å². The lowest BCUT2D eigenvalue weighted by Gasteiger charge is -2.11. The summed E-state index contributed by atoms with van der Waals surface area (Å²) in [6, 6.07) is 5.02. The largest absolute Gasteiger partial charge is 0.573 e. The lowest BCUT2D eigenvalue weighted by Crippen LogP contribution is -2.18. The Morgan fingerprint density at radius 1 is 1.29 bits per heavy atom. The molecule has 0 amide bonds. The van der Waals surface area contributed by atoms with E-state index in [1.165, 1.54) is 0 Å². The topological polar surface area (TPSA) is 9.23 Å². The molecule has 1 aromatic rings. The van der Waals surface area contributed by atoms with Gasteiger partial charge in [0.15, 0.2) is 0 Å². The summed E-state index contributed by atoms with van der Waals surface area (Å²) in [4.78, 5) is 0.